The molecule has 1 heteroatoms. The van der Waals surface area contributed by atoms with Crippen molar-refractivity contribution in [3.8, 4) is 0 Å². The number of benzene rings is 2. The molecule has 0 fully saturated rings. The number of rotatable bonds is 3. The van der Waals surface area contributed by atoms with Gasteiger partial charge in [-0.1, -0.05) is 74.7 Å². The third-order valence-corrected chi connectivity index (χ3v) is 5.06. The Labute approximate surface area is 122 Å². The van der Waals surface area contributed by atoms with Crippen LogP contribution in [-0.2, 0) is 0 Å². The molecule has 0 bridgehead atoms. The molecule has 100 valence electrons. The van der Waals surface area contributed by atoms with Gasteiger partial charge in [0.25, 0.3) is 0 Å². The highest BCUT2D eigenvalue weighted by atomic mass is 31.1. The minimum Gasteiger partial charge on any atom is -0.0810 e. The van der Waals surface area contributed by atoms with Crippen molar-refractivity contribution in [1.29, 1.82) is 0 Å². The molecule has 0 saturated heterocycles. The number of hydrogen-bond acceptors (Lipinski definition) is 0. The Morgan fingerprint density at radius 3 is 2.30 bits per heavy atom. The van der Waals surface area contributed by atoms with Crippen molar-refractivity contribution < 1.29 is 0 Å². The van der Waals surface area contributed by atoms with Crippen LogP contribution in [0.3, 0.4) is 0 Å². The van der Waals surface area contributed by atoms with Crippen LogP contribution < -0.4 is 5.30 Å². The van der Waals surface area contributed by atoms with Crippen LogP contribution in [0.15, 0.2) is 66.7 Å². The Balaban J connectivity index is 1.95. The van der Waals surface area contributed by atoms with Crippen molar-refractivity contribution >= 4 is 24.4 Å². The van der Waals surface area contributed by atoms with E-state index in [9.17, 15) is 0 Å². The smallest absolute Gasteiger partial charge is 0.00818 e. The van der Waals surface area contributed by atoms with E-state index in [2.05, 4.69) is 80.1 Å². The van der Waals surface area contributed by atoms with Gasteiger partial charge in [-0.15, -0.1) is 0 Å². The SMILES string of the molecule is CP(C)c1ccccc1C1=CC(c2ccccc2)=CC1. The quantitative estimate of drug-likeness (QED) is 0.699. The molecular weight excluding hydrogens is 259 g/mol. The van der Waals surface area contributed by atoms with E-state index in [1.165, 1.54) is 27.6 Å². The van der Waals surface area contributed by atoms with Gasteiger partial charge in [0.1, 0.15) is 0 Å². The van der Waals surface area contributed by atoms with E-state index in [0.29, 0.717) is 0 Å². The molecule has 0 radical (unpaired) electrons. The van der Waals surface area contributed by atoms with Gasteiger partial charge in [0, 0.05) is 0 Å². The Morgan fingerprint density at radius 1 is 0.850 bits per heavy atom. The number of hydrogen-bond donors (Lipinski definition) is 0. The standard InChI is InChI=1S/C19H19P/c1-20(2)19-11-7-6-10-18(19)17-13-12-16(14-17)15-8-4-3-5-9-15/h3-12,14H,13H2,1-2H3. The first-order valence-corrected chi connectivity index (χ1v) is 9.22. The molecule has 0 aliphatic heterocycles. The molecule has 0 atom stereocenters. The highest BCUT2D eigenvalue weighted by molar-refractivity contribution is 7.64. The minimum atomic E-state index is -0.0650. The monoisotopic (exact) mass is 278 g/mol. The Morgan fingerprint density at radius 2 is 1.55 bits per heavy atom. The minimum absolute atomic E-state index is 0.0650. The Kier molecular flexibility index (Phi) is 3.85. The molecule has 1 aliphatic rings. The van der Waals surface area contributed by atoms with Crippen molar-refractivity contribution in [3.63, 3.8) is 0 Å². The summed E-state index contributed by atoms with van der Waals surface area (Å²) in [5.41, 5.74) is 5.56. The summed E-state index contributed by atoms with van der Waals surface area (Å²) in [6, 6.07) is 19.5. The van der Waals surface area contributed by atoms with Crippen molar-refractivity contribution in [2.75, 3.05) is 13.3 Å². The fourth-order valence-electron chi connectivity index (χ4n) is 2.68. The van der Waals surface area contributed by atoms with Gasteiger partial charge in [-0.05, 0) is 47.3 Å². The fourth-order valence-corrected chi connectivity index (χ4v) is 3.76. The average molecular weight is 278 g/mol. The molecule has 0 saturated carbocycles. The summed E-state index contributed by atoms with van der Waals surface area (Å²) in [4.78, 5) is 0. The third-order valence-electron chi connectivity index (χ3n) is 3.71. The summed E-state index contributed by atoms with van der Waals surface area (Å²) in [5.74, 6) is 0. The fraction of sp³-hybridized carbons (Fsp3) is 0.158. The molecule has 0 N–H and O–H groups in total. The molecule has 2 aromatic carbocycles. The summed E-state index contributed by atoms with van der Waals surface area (Å²) in [6.45, 7) is 4.66. The van der Waals surface area contributed by atoms with Crippen LogP contribution in [0, 0.1) is 0 Å². The number of allylic oxidation sites excluding steroid dienone is 4. The van der Waals surface area contributed by atoms with Crippen LogP contribution in [-0.4, -0.2) is 13.3 Å². The van der Waals surface area contributed by atoms with Crippen LogP contribution in [0.5, 0.6) is 0 Å². The first kappa shape index (κ1) is 13.3. The van der Waals surface area contributed by atoms with Gasteiger partial charge in [-0.25, -0.2) is 0 Å². The summed E-state index contributed by atoms with van der Waals surface area (Å²) in [7, 11) is -0.0650. The molecule has 0 amide bonds. The molecule has 0 nitrogen and oxygen atoms in total. The second-order valence-corrected chi connectivity index (χ2v) is 7.58. The largest absolute Gasteiger partial charge is 0.0810 e. The second kappa shape index (κ2) is 5.77. The van der Waals surface area contributed by atoms with E-state index in [1.54, 1.807) is 0 Å². The Bertz CT molecular complexity index is 663. The lowest BCUT2D eigenvalue weighted by Crippen LogP contribution is -2.05. The summed E-state index contributed by atoms with van der Waals surface area (Å²) >= 11 is 0. The summed E-state index contributed by atoms with van der Waals surface area (Å²) < 4.78 is 0. The van der Waals surface area contributed by atoms with E-state index >= 15 is 0 Å². The second-order valence-electron chi connectivity index (χ2n) is 5.31. The van der Waals surface area contributed by atoms with Crippen LogP contribution in [0.4, 0.5) is 0 Å². The van der Waals surface area contributed by atoms with E-state index in [-0.39, 0.29) is 7.92 Å². The van der Waals surface area contributed by atoms with Crippen LogP contribution in [0.2, 0.25) is 0 Å². The van der Waals surface area contributed by atoms with E-state index in [4.69, 9.17) is 0 Å². The Hall–Kier alpha value is -1.65. The van der Waals surface area contributed by atoms with Crippen molar-refractivity contribution in [2.24, 2.45) is 0 Å². The van der Waals surface area contributed by atoms with Gasteiger partial charge < -0.3 is 0 Å². The lowest BCUT2D eigenvalue weighted by Gasteiger charge is -2.13. The van der Waals surface area contributed by atoms with E-state index in [1.807, 2.05) is 0 Å². The molecule has 0 heterocycles. The van der Waals surface area contributed by atoms with Gasteiger partial charge in [-0.2, -0.15) is 0 Å². The molecule has 0 unspecified atom stereocenters. The van der Waals surface area contributed by atoms with Crippen molar-refractivity contribution in [1.82, 2.24) is 0 Å². The maximum absolute atomic E-state index is 2.35. The van der Waals surface area contributed by atoms with Gasteiger partial charge in [0.15, 0.2) is 0 Å². The zero-order valence-corrected chi connectivity index (χ0v) is 12.9. The third kappa shape index (κ3) is 2.62. The highest BCUT2D eigenvalue weighted by Crippen LogP contribution is 2.35. The van der Waals surface area contributed by atoms with Gasteiger partial charge >= 0.3 is 0 Å². The zero-order valence-electron chi connectivity index (χ0n) is 12.0. The first-order chi connectivity index (χ1) is 9.75. The van der Waals surface area contributed by atoms with Crippen molar-refractivity contribution in [2.45, 2.75) is 6.42 Å². The van der Waals surface area contributed by atoms with Crippen LogP contribution >= 0.6 is 7.92 Å². The lowest BCUT2D eigenvalue weighted by atomic mass is 10.0. The predicted molar refractivity (Wildman–Crippen MR) is 91.9 cm³/mol. The van der Waals surface area contributed by atoms with Gasteiger partial charge in [-0.3, -0.25) is 0 Å². The molecule has 20 heavy (non-hydrogen) atoms. The maximum atomic E-state index is 2.35. The molecule has 2 aromatic rings. The molecule has 0 spiro atoms. The van der Waals surface area contributed by atoms with E-state index in [0.717, 1.165) is 6.42 Å². The summed E-state index contributed by atoms with van der Waals surface area (Å²) in [6.07, 6.45) is 5.74. The lowest BCUT2D eigenvalue weighted by molar-refractivity contribution is 1.44. The van der Waals surface area contributed by atoms with Gasteiger partial charge in [0.05, 0.1) is 0 Å². The van der Waals surface area contributed by atoms with Crippen LogP contribution in [0.1, 0.15) is 17.5 Å². The molecule has 0 aromatic heterocycles. The summed E-state index contributed by atoms with van der Waals surface area (Å²) in [5, 5.41) is 1.51. The topological polar surface area (TPSA) is 0 Å². The predicted octanol–water partition coefficient (Wildman–Crippen LogP) is 4.92. The molecular formula is C19H19P. The highest BCUT2D eigenvalue weighted by Gasteiger charge is 2.14. The zero-order chi connectivity index (χ0) is 13.9. The first-order valence-electron chi connectivity index (χ1n) is 6.98. The molecule has 3 rings (SSSR count). The van der Waals surface area contributed by atoms with E-state index < -0.39 is 0 Å². The maximum Gasteiger partial charge on any atom is -0.00818 e. The normalized spacial score (nSPS) is 14.3. The van der Waals surface area contributed by atoms with Gasteiger partial charge in [0.2, 0.25) is 0 Å². The van der Waals surface area contributed by atoms with Crippen LogP contribution in [0.25, 0.3) is 11.1 Å². The molecule has 1 aliphatic carbocycles. The average Bonchev–Trinajstić information content (AvgIpc) is 2.98. The van der Waals surface area contributed by atoms with Crippen molar-refractivity contribution in [3.05, 3.63) is 77.9 Å².